The van der Waals surface area contributed by atoms with Crippen LogP contribution < -0.4 is 5.43 Å². The van der Waals surface area contributed by atoms with Crippen LogP contribution >= 0.6 is 0 Å². The molecule has 0 saturated heterocycles. The Labute approximate surface area is 175 Å². The van der Waals surface area contributed by atoms with Crippen molar-refractivity contribution in [3.63, 3.8) is 0 Å². The highest BCUT2D eigenvalue weighted by atomic mass is 16.3. The fourth-order valence-electron chi connectivity index (χ4n) is 4.37. The summed E-state index contributed by atoms with van der Waals surface area (Å²) >= 11 is 0. The van der Waals surface area contributed by atoms with Crippen molar-refractivity contribution < 1.29 is 9.90 Å². The molecule has 0 bridgehead atoms. The molecule has 3 aromatic rings. The Morgan fingerprint density at radius 3 is 1.93 bits per heavy atom. The standard InChI is InChI=1S/C24H25N3O3/c1-3-26-23(20(17-11-7-5-8-12-17)18-13-9-6-10-14-18)25-16-15-19(28)22(29)21(25)24(30)27(26)4-2/h5-16,20,23,29H,3-4H2,1-2H3. The van der Waals surface area contributed by atoms with Crippen LogP contribution in [0.3, 0.4) is 0 Å². The van der Waals surface area contributed by atoms with Crippen LogP contribution in [-0.4, -0.2) is 38.7 Å². The third-order valence-electron chi connectivity index (χ3n) is 5.68. The maximum absolute atomic E-state index is 13.2. The Bertz CT molecular complexity index is 1060. The minimum Gasteiger partial charge on any atom is -0.503 e. The molecule has 0 spiro atoms. The summed E-state index contributed by atoms with van der Waals surface area (Å²) < 4.78 is 1.75. The van der Waals surface area contributed by atoms with Crippen LogP contribution in [0.5, 0.6) is 5.75 Å². The molecule has 154 valence electrons. The summed E-state index contributed by atoms with van der Waals surface area (Å²) in [6, 6.07) is 21.5. The number of carbonyl (C=O) groups excluding carboxylic acids is 1. The van der Waals surface area contributed by atoms with Crippen molar-refractivity contribution in [1.29, 1.82) is 0 Å². The molecule has 6 heteroatoms. The molecule has 0 saturated carbocycles. The number of hydrogen-bond acceptors (Lipinski definition) is 4. The van der Waals surface area contributed by atoms with E-state index in [9.17, 15) is 14.7 Å². The Hall–Kier alpha value is -3.38. The number of aromatic nitrogens is 1. The number of likely N-dealkylation sites (N-methyl/N-ethyl adjacent to an activating group) is 1. The summed E-state index contributed by atoms with van der Waals surface area (Å²) in [6.45, 7) is 4.92. The molecule has 4 rings (SSSR count). The summed E-state index contributed by atoms with van der Waals surface area (Å²) in [7, 11) is 0. The van der Waals surface area contributed by atoms with Gasteiger partial charge in [0, 0.05) is 31.3 Å². The Kier molecular flexibility index (Phi) is 5.42. The van der Waals surface area contributed by atoms with Gasteiger partial charge < -0.3 is 9.67 Å². The molecule has 1 N–H and O–H groups in total. The second-order valence-corrected chi connectivity index (χ2v) is 7.27. The number of fused-ring (bicyclic) bond motifs is 1. The zero-order valence-electron chi connectivity index (χ0n) is 17.1. The summed E-state index contributed by atoms with van der Waals surface area (Å²) in [5.41, 5.74) is 1.66. The molecule has 0 radical (unpaired) electrons. The fourth-order valence-corrected chi connectivity index (χ4v) is 4.37. The summed E-state index contributed by atoms with van der Waals surface area (Å²) in [6.07, 6.45) is 1.29. The number of carbonyl (C=O) groups is 1. The van der Waals surface area contributed by atoms with E-state index in [2.05, 4.69) is 24.3 Å². The first-order chi connectivity index (χ1) is 14.6. The molecule has 1 aliphatic heterocycles. The average Bonchev–Trinajstić information content (AvgIpc) is 2.78. The first-order valence-electron chi connectivity index (χ1n) is 10.2. The van der Waals surface area contributed by atoms with Crippen molar-refractivity contribution in [3.8, 4) is 5.75 Å². The van der Waals surface area contributed by atoms with Crippen molar-refractivity contribution in [2.45, 2.75) is 25.9 Å². The second kappa shape index (κ2) is 8.16. The number of aromatic hydroxyl groups is 1. The van der Waals surface area contributed by atoms with E-state index in [1.807, 2.05) is 55.3 Å². The molecule has 1 atom stereocenters. The highest BCUT2D eigenvalue weighted by Gasteiger charge is 2.42. The minimum absolute atomic E-state index is 0.0379. The lowest BCUT2D eigenvalue weighted by atomic mass is 9.87. The number of hydrazine groups is 1. The van der Waals surface area contributed by atoms with Gasteiger partial charge in [0.25, 0.3) is 5.91 Å². The van der Waals surface area contributed by atoms with Crippen LogP contribution in [0, 0.1) is 0 Å². The number of benzene rings is 2. The molecule has 0 fully saturated rings. The van der Waals surface area contributed by atoms with Gasteiger partial charge in [0.2, 0.25) is 5.43 Å². The number of hydrogen-bond donors (Lipinski definition) is 1. The predicted octanol–water partition coefficient (Wildman–Crippen LogP) is 3.60. The molecule has 2 heterocycles. The highest BCUT2D eigenvalue weighted by molar-refractivity contribution is 5.95. The van der Waals surface area contributed by atoms with E-state index in [1.54, 1.807) is 15.8 Å². The number of amides is 1. The van der Waals surface area contributed by atoms with Gasteiger partial charge >= 0.3 is 0 Å². The van der Waals surface area contributed by atoms with Gasteiger partial charge in [-0.25, -0.2) is 0 Å². The van der Waals surface area contributed by atoms with Gasteiger partial charge in [-0.15, -0.1) is 0 Å². The smallest absolute Gasteiger partial charge is 0.288 e. The van der Waals surface area contributed by atoms with Crippen LogP contribution in [-0.2, 0) is 0 Å². The van der Waals surface area contributed by atoms with E-state index in [0.717, 1.165) is 11.1 Å². The highest BCUT2D eigenvalue weighted by Crippen LogP contribution is 2.42. The molecule has 1 amide bonds. The molecule has 1 aliphatic rings. The van der Waals surface area contributed by atoms with Crippen molar-refractivity contribution in [1.82, 2.24) is 14.6 Å². The SMILES string of the molecule is CCN1C(=O)c2c(O)c(=O)ccn2C(C(c2ccccc2)c2ccccc2)N1CC. The summed E-state index contributed by atoms with van der Waals surface area (Å²) in [5, 5.41) is 14.2. The first-order valence-corrected chi connectivity index (χ1v) is 10.2. The van der Waals surface area contributed by atoms with Crippen LogP contribution in [0.2, 0.25) is 0 Å². The van der Waals surface area contributed by atoms with Gasteiger partial charge in [0.05, 0.1) is 0 Å². The zero-order chi connectivity index (χ0) is 21.3. The topological polar surface area (TPSA) is 65.8 Å². The van der Waals surface area contributed by atoms with E-state index >= 15 is 0 Å². The van der Waals surface area contributed by atoms with Gasteiger partial charge in [-0.2, -0.15) is 5.01 Å². The zero-order valence-corrected chi connectivity index (χ0v) is 17.1. The van der Waals surface area contributed by atoms with Crippen molar-refractivity contribution >= 4 is 5.91 Å². The Morgan fingerprint density at radius 2 is 1.43 bits per heavy atom. The lowest BCUT2D eigenvalue weighted by molar-refractivity contribution is -0.0762. The van der Waals surface area contributed by atoms with Gasteiger partial charge in [0.1, 0.15) is 6.17 Å². The van der Waals surface area contributed by atoms with Crippen LogP contribution in [0.15, 0.2) is 77.7 Å². The van der Waals surface area contributed by atoms with E-state index in [-0.39, 0.29) is 23.7 Å². The van der Waals surface area contributed by atoms with Crippen LogP contribution in [0.1, 0.15) is 47.5 Å². The summed E-state index contributed by atoms with van der Waals surface area (Å²) in [4.78, 5) is 25.3. The quantitative estimate of drug-likeness (QED) is 0.707. The van der Waals surface area contributed by atoms with Gasteiger partial charge in [-0.05, 0) is 18.1 Å². The van der Waals surface area contributed by atoms with Gasteiger partial charge in [0.15, 0.2) is 11.4 Å². The third-order valence-corrected chi connectivity index (χ3v) is 5.68. The number of pyridine rings is 1. The number of rotatable bonds is 5. The van der Waals surface area contributed by atoms with Crippen molar-refractivity contribution in [2.75, 3.05) is 13.1 Å². The molecule has 0 aliphatic carbocycles. The largest absolute Gasteiger partial charge is 0.503 e. The maximum atomic E-state index is 13.2. The minimum atomic E-state index is -0.551. The van der Waals surface area contributed by atoms with Gasteiger partial charge in [-0.1, -0.05) is 67.6 Å². The van der Waals surface area contributed by atoms with Crippen molar-refractivity contribution in [2.24, 2.45) is 0 Å². The average molecular weight is 403 g/mol. The van der Waals surface area contributed by atoms with Gasteiger partial charge in [-0.3, -0.25) is 14.6 Å². The lowest BCUT2D eigenvalue weighted by Crippen LogP contribution is -2.56. The molecule has 6 nitrogen and oxygen atoms in total. The second-order valence-electron chi connectivity index (χ2n) is 7.27. The maximum Gasteiger partial charge on any atom is 0.288 e. The van der Waals surface area contributed by atoms with E-state index in [1.165, 1.54) is 6.07 Å². The lowest BCUT2D eigenvalue weighted by Gasteiger charge is -2.48. The van der Waals surface area contributed by atoms with E-state index in [0.29, 0.717) is 13.1 Å². The monoisotopic (exact) mass is 403 g/mol. The normalized spacial score (nSPS) is 16.7. The summed E-state index contributed by atoms with van der Waals surface area (Å²) in [5.74, 6) is -0.998. The van der Waals surface area contributed by atoms with E-state index in [4.69, 9.17) is 0 Å². The third kappa shape index (κ3) is 3.19. The van der Waals surface area contributed by atoms with Crippen molar-refractivity contribution in [3.05, 3.63) is 100.0 Å². The molecule has 30 heavy (non-hydrogen) atoms. The fraction of sp³-hybridized carbons (Fsp3) is 0.250. The molecule has 1 unspecified atom stereocenters. The molecule has 1 aromatic heterocycles. The van der Waals surface area contributed by atoms with E-state index < -0.39 is 11.2 Å². The molecular weight excluding hydrogens is 378 g/mol. The molecular formula is C24H25N3O3. The first kappa shape index (κ1) is 19.9. The number of nitrogens with zero attached hydrogens (tertiary/aromatic N) is 3. The van der Waals surface area contributed by atoms with Crippen LogP contribution in [0.4, 0.5) is 0 Å². The van der Waals surface area contributed by atoms with Crippen LogP contribution in [0.25, 0.3) is 0 Å². The predicted molar refractivity (Wildman–Crippen MR) is 115 cm³/mol. The Morgan fingerprint density at radius 1 is 0.867 bits per heavy atom. The Balaban J connectivity index is 2.02. The molecule has 2 aromatic carbocycles.